The molecule has 1 unspecified atom stereocenters. The van der Waals surface area contributed by atoms with E-state index in [1.165, 1.54) is 20.2 Å². The minimum atomic E-state index is -0.131. The van der Waals surface area contributed by atoms with Gasteiger partial charge in [-0.3, -0.25) is 0 Å². The summed E-state index contributed by atoms with van der Waals surface area (Å²) in [6.45, 7) is 0.986. The van der Waals surface area contributed by atoms with Crippen molar-refractivity contribution in [3.05, 3.63) is 42.0 Å². The van der Waals surface area contributed by atoms with Crippen LogP contribution in [0.2, 0.25) is 0 Å². The summed E-state index contributed by atoms with van der Waals surface area (Å²) in [5.41, 5.74) is 0.909. The number of ether oxygens (including phenoxy) is 3. The third kappa shape index (κ3) is 3.11. The number of hydrogen-bond donors (Lipinski definition) is 0. The highest BCUT2D eigenvalue weighted by molar-refractivity contribution is 7.25. The Morgan fingerprint density at radius 3 is 2.75 bits per heavy atom. The summed E-state index contributed by atoms with van der Waals surface area (Å²) in [6.07, 6.45) is 8.56. The van der Waals surface area contributed by atoms with Crippen LogP contribution in [0.3, 0.4) is 0 Å². The molecule has 1 aliphatic rings. The summed E-state index contributed by atoms with van der Waals surface area (Å²) < 4.78 is 19.3. The smallest absolute Gasteiger partial charge is 0.191 e. The van der Waals surface area contributed by atoms with Gasteiger partial charge in [0.25, 0.3) is 0 Å². The van der Waals surface area contributed by atoms with Crippen molar-refractivity contribution in [3.63, 3.8) is 0 Å². The fourth-order valence-electron chi connectivity index (χ4n) is 2.96. The minimum absolute atomic E-state index is 0.131. The van der Waals surface area contributed by atoms with Gasteiger partial charge < -0.3 is 14.2 Å². The first-order valence-corrected chi connectivity index (χ1v) is 8.94. The Morgan fingerprint density at radius 1 is 1.12 bits per heavy atom. The van der Waals surface area contributed by atoms with Crippen LogP contribution < -0.4 is 4.74 Å². The van der Waals surface area contributed by atoms with Crippen LogP contribution in [-0.2, 0) is 9.47 Å². The number of thiophene rings is 1. The van der Waals surface area contributed by atoms with Gasteiger partial charge in [0.15, 0.2) is 13.1 Å². The molecule has 1 aliphatic heterocycles. The Bertz CT molecular complexity index is 900. The number of hydrogen-bond acceptors (Lipinski definition) is 4. The number of fused-ring (bicyclic) bond motifs is 3. The van der Waals surface area contributed by atoms with Crippen LogP contribution in [0.1, 0.15) is 24.8 Å². The van der Waals surface area contributed by atoms with E-state index in [9.17, 15) is 0 Å². The van der Waals surface area contributed by atoms with Crippen LogP contribution in [-0.4, -0.2) is 19.7 Å². The van der Waals surface area contributed by atoms with Gasteiger partial charge in [-0.15, -0.1) is 17.8 Å². The normalized spacial score (nSPS) is 17.9. The third-order valence-electron chi connectivity index (χ3n) is 4.23. The molecule has 122 valence electrons. The summed E-state index contributed by atoms with van der Waals surface area (Å²) in [4.78, 5) is 0. The van der Waals surface area contributed by atoms with Gasteiger partial charge in [0.2, 0.25) is 0 Å². The highest BCUT2D eigenvalue weighted by Crippen LogP contribution is 2.36. The average Bonchev–Trinajstić information content (AvgIpc) is 2.99. The summed E-state index contributed by atoms with van der Waals surface area (Å²) in [6, 6.07) is 12.3. The van der Waals surface area contributed by atoms with Crippen molar-refractivity contribution in [2.24, 2.45) is 0 Å². The topological polar surface area (TPSA) is 27.7 Å². The van der Waals surface area contributed by atoms with Crippen LogP contribution >= 0.6 is 11.3 Å². The lowest BCUT2D eigenvalue weighted by molar-refractivity contribution is -0.190. The quantitative estimate of drug-likeness (QED) is 0.499. The van der Waals surface area contributed by atoms with Crippen LogP contribution in [0.5, 0.6) is 5.75 Å². The molecule has 24 heavy (non-hydrogen) atoms. The molecule has 0 N–H and O–H groups in total. The standard InChI is InChI=1S/C20H18O3S/c1-2-14-6-8-16-17-9-7-15(12-19(17)24-18(16)11-14)22-13-23-20-5-3-4-10-21-20/h1,6-9,11-12,20H,3-5,10,13H2. The first kappa shape index (κ1) is 15.5. The Balaban J connectivity index is 1.50. The summed E-state index contributed by atoms with van der Waals surface area (Å²) >= 11 is 1.73. The third-order valence-corrected chi connectivity index (χ3v) is 5.34. The highest BCUT2D eigenvalue weighted by Gasteiger charge is 2.14. The van der Waals surface area contributed by atoms with Gasteiger partial charge >= 0.3 is 0 Å². The zero-order valence-corrected chi connectivity index (χ0v) is 14.1. The van der Waals surface area contributed by atoms with Crippen molar-refractivity contribution in [1.82, 2.24) is 0 Å². The predicted molar refractivity (Wildman–Crippen MR) is 97.4 cm³/mol. The SMILES string of the molecule is C#Cc1ccc2c(c1)sc1cc(OCOC3CCCCO3)ccc12. The number of benzene rings is 2. The molecule has 0 amide bonds. The second-order valence-corrected chi connectivity index (χ2v) is 6.92. The molecular weight excluding hydrogens is 320 g/mol. The van der Waals surface area contributed by atoms with E-state index in [-0.39, 0.29) is 13.1 Å². The molecule has 4 rings (SSSR count). The molecule has 3 aromatic rings. The van der Waals surface area contributed by atoms with Crippen molar-refractivity contribution in [3.8, 4) is 18.1 Å². The molecule has 1 fully saturated rings. The van der Waals surface area contributed by atoms with E-state index in [4.69, 9.17) is 20.6 Å². The predicted octanol–water partition coefficient (Wildman–Crippen LogP) is 4.92. The molecule has 1 saturated heterocycles. The van der Waals surface area contributed by atoms with Crippen molar-refractivity contribution >= 4 is 31.5 Å². The Kier molecular flexibility index (Phi) is 4.40. The first-order chi connectivity index (χ1) is 11.8. The molecule has 0 bridgehead atoms. The molecular formula is C20H18O3S. The van der Waals surface area contributed by atoms with E-state index in [1.807, 2.05) is 12.1 Å². The van der Waals surface area contributed by atoms with Crippen molar-refractivity contribution < 1.29 is 14.2 Å². The molecule has 0 aliphatic carbocycles. The van der Waals surface area contributed by atoms with Crippen LogP contribution in [0.15, 0.2) is 36.4 Å². The molecule has 0 radical (unpaired) electrons. The van der Waals surface area contributed by atoms with E-state index in [1.54, 1.807) is 11.3 Å². The van der Waals surface area contributed by atoms with E-state index in [2.05, 4.69) is 30.2 Å². The van der Waals surface area contributed by atoms with E-state index < -0.39 is 0 Å². The van der Waals surface area contributed by atoms with Crippen LogP contribution in [0.4, 0.5) is 0 Å². The van der Waals surface area contributed by atoms with Gasteiger partial charge in [-0.25, -0.2) is 0 Å². The lowest BCUT2D eigenvalue weighted by atomic mass is 10.1. The van der Waals surface area contributed by atoms with Crippen LogP contribution in [0.25, 0.3) is 20.2 Å². The molecule has 2 aromatic carbocycles. The molecule has 2 heterocycles. The maximum Gasteiger partial charge on any atom is 0.191 e. The maximum absolute atomic E-state index is 5.73. The van der Waals surface area contributed by atoms with E-state index in [0.29, 0.717) is 0 Å². The van der Waals surface area contributed by atoms with Crippen molar-refractivity contribution in [2.45, 2.75) is 25.6 Å². The van der Waals surface area contributed by atoms with Gasteiger partial charge in [-0.05, 0) is 49.6 Å². The van der Waals surface area contributed by atoms with Gasteiger partial charge in [-0.2, -0.15) is 0 Å². The molecule has 3 nitrogen and oxygen atoms in total. The lowest BCUT2D eigenvalue weighted by Gasteiger charge is -2.22. The van der Waals surface area contributed by atoms with E-state index >= 15 is 0 Å². The number of terminal acetylenes is 1. The zero-order valence-electron chi connectivity index (χ0n) is 13.3. The number of rotatable bonds is 4. The summed E-state index contributed by atoms with van der Waals surface area (Å²) in [5.74, 6) is 3.49. The molecule has 0 spiro atoms. The van der Waals surface area contributed by atoms with Gasteiger partial charge in [0.1, 0.15) is 5.75 Å². The Morgan fingerprint density at radius 2 is 1.96 bits per heavy atom. The largest absolute Gasteiger partial charge is 0.467 e. The molecule has 1 atom stereocenters. The lowest BCUT2D eigenvalue weighted by Crippen LogP contribution is -2.24. The first-order valence-electron chi connectivity index (χ1n) is 8.12. The Hall–Kier alpha value is -2.06. The average molecular weight is 338 g/mol. The Labute approximate surface area is 145 Å². The van der Waals surface area contributed by atoms with E-state index in [0.717, 1.165) is 37.2 Å². The molecule has 4 heteroatoms. The summed E-state index contributed by atoms with van der Waals surface area (Å²) in [5, 5.41) is 2.45. The fourth-order valence-corrected chi connectivity index (χ4v) is 4.13. The van der Waals surface area contributed by atoms with Crippen molar-refractivity contribution in [1.29, 1.82) is 0 Å². The zero-order chi connectivity index (χ0) is 16.4. The van der Waals surface area contributed by atoms with Gasteiger partial charge in [0.05, 0.1) is 0 Å². The maximum atomic E-state index is 5.73. The highest BCUT2D eigenvalue weighted by atomic mass is 32.1. The molecule has 1 aromatic heterocycles. The van der Waals surface area contributed by atoms with Gasteiger partial charge in [0, 0.05) is 32.3 Å². The minimum Gasteiger partial charge on any atom is -0.467 e. The fraction of sp³-hybridized carbons (Fsp3) is 0.300. The van der Waals surface area contributed by atoms with Crippen molar-refractivity contribution in [2.75, 3.05) is 13.4 Å². The summed E-state index contributed by atoms with van der Waals surface area (Å²) in [7, 11) is 0. The monoisotopic (exact) mass is 338 g/mol. The molecule has 0 saturated carbocycles. The second kappa shape index (κ2) is 6.82. The van der Waals surface area contributed by atoms with Gasteiger partial charge in [-0.1, -0.05) is 12.0 Å². The second-order valence-electron chi connectivity index (χ2n) is 5.84. The van der Waals surface area contributed by atoms with Crippen LogP contribution in [0, 0.1) is 12.3 Å².